The van der Waals surface area contributed by atoms with Crippen LogP contribution in [0, 0.1) is 11.8 Å². The molecule has 2 N–H and O–H groups in total. The SMILES string of the molecule is CNc1ncc(C(=O)N[C@H]2CN(C3CCOCC3)C[C@@H]2C2CC2)cn1.Cl. The molecule has 3 fully saturated rings. The van der Waals surface area contributed by atoms with Crippen molar-refractivity contribution < 1.29 is 9.53 Å². The van der Waals surface area contributed by atoms with Gasteiger partial charge in [0.1, 0.15) is 0 Å². The molecule has 2 aliphatic heterocycles. The van der Waals surface area contributed by atoms with Gasteiger partial charge in [-0.3, -0.25) is 9.69 Å². The standard InChI is InChI=1S/C18H27N5O2.ClH/c1-19-18-20-8-13(9-21-18)17(24)22-16-11-23(10-15(16)12-2-3-12)14-4-6-25-7-5-14;/h8-9,12,14-16H,2-7,10-11H2,1H3,(H,22,24)(H,19,20,21);1H/t15-,16+;/m1./s1. The fourth-order valence-electron chi connectivity index (χ4n) is 4.19. The van der Waals surface area contributed by atoms with Gasteiger partial charge in [-0.2, -0.15) is 0 Å². The largest absolute Gasteiger partial charge is 0.381 e. The van der Waals surface area contributed by atoms with E-state index in [1.165, 1.54) is 12.8 Å². The van der Waals surface area contributed by atoms with Crippen LogP contribution in [0.5, 0.6) is 0 Å². The summed E-state index contributed by atoms with van der Waals surface area (Å²) in [5.74, 6) is 1.81. The highest BCUT2D eigenvalue weighted by atomic mass is 35.5. The van der Waals surface area contributed by atoms with Crippen LogP contribution >= 0.6 is 12.4 Å². The van der Waals surface area contributed by atoms with E-state index >= 15 is 0 Å². The van der Waals surface area contributed by atoms with Crippen LogP contribution in [0.15, 0.2) is 12.4 Å². The summed E-state index contributed by atoms with van der Waals surface area (Å²) in [5.41, 5.74) is 0.526. The zero-order chi connectivity index (χ0) is 17.2. The van der Waals surface area contributed by atoms with Crippen LogP contribution in [-0.4, -0.2) is 66.2 Å². The second-order valence-corrected chi connectivity index (χ2v) is 7.42. The number of hydrogen-bond donors (Lipinski definition) is 2. The molecule has 0 bridgehead atoms. The topological polar surface area (TPSA) is 79.4 Å². The average Bonchev–Trinajstić information content (AvgIpc) is 3.43. The van der Waals surface area contributed by atoms with Crippen molar-refractivity contribution in [3.8, 4) is 0 Å². The lowest BCUT2D eigenvalue weighted by molar-refractivity contribution is 0.0404. The summed E-state index contributed by atoms with van der Waals surface area (Å²) in [7, 11) is 1.76. The van der Waals surface area contributed by atoms with Gasteiger partial charge in [0, 0.05) is 57.8 Å². The molecular weight excluding hydrogens is 354 g/mol. The first-order valence-electron chi connectivity index (χ1n) is 9.37. The van der Waals surface area contributed by atoms with Crippen LogP contribution in [0.25, 0.3) is 0 Å². The number of carbonyl (C=O) groups is 1. The van der Waals surface area contributed by atoms with Crippen molar-refractivity contribution in [2.24, 2.45) is 11.8 Å². The van der Waals surface area contributed by atoms with E-state index in [0.717, 1.165) is 45.1 Å². The molecule has 0 aromatic carbocycles. The van der Waals surface area contributed by atoms with E-state index < -0.39 is 0 Å². The number of anilines is 1. The van der Waals surface area contributed by atoms with E-state index in [9.17, 15) is 4.79 Å². The third-order valence-corrected chi connectivity index (χ3v) is 5.78. The van der Waals surface area contributed by atoms with Crippen molar-refractivity contribution in [1.29, 1.82) is 0 Å². The average molecular weight is 382 g/mol. The Morgan fingerprint density at radius 1 is 1.15 bits per heavy atom. The summed E-state index contributed by atoms with van der Waals surface area (Å²) in [4.78, 5) is 23.5. The molecule has 7 nitrogen and oxygen atoms in total. The molecule has 1 saturated carbocycles. The minimum absolute atomic E-state index is 0. The molecule has 1 amide bonds. The Hall–Kier alpha value is -1.44. The number of ether oxygens (including phenoxy) is 1. The predicted octanol–water partition coefficient (Wildman–Crippen LogP) is 1.56. The number of aromatic nitrogens is 2. The van der Waals surface area contributed by atoms with Crippen LogP contribution in [0.4, 0.5) is 5.95 Å². The maximum Gasteiger partial charge on any atom is 0.254 e. The van der Waals surface area contributed by atoms with Gasteiger partial charge in [-0.1, -0.05) is 0 Å². The second-order valence-electron chi connectivity index (χ2n) is 7.42. The summed E-state index contributed by atoms with van der Waals surface area (Å²) in [5, 5.41) is 6.13. The molecule has 3 aliphatic rings. The molecule has 8 heteroatoms. The van der Waals surface area contributed by atoms with Crippen molar-refractivity contribution in [1.82, 2.24) is 20.2 Å². The minimum atomic E-state index is -0.0628. The van der Waals surface area contributed by atoms with Crippen molar-refractivity contribution in [2.45, 2.75) is 37.8 Å². The number of amides is 1. The molecule has 1 aliphatic carbocycles. The lowest BCUT2D eigenvalue weighted by atomic mass is 9.98. The first-order valence-corrected chi connectivity index (χ1v) is 9.37. The maximum absolute atomic E-state index is 12.6. The van der Waals surface area contributed by atoms with E-state index in [2.05, 4.69) is 25.5 Å². The molecule has 2 saturated heterocycles. The Morgan fingerprint density at radius 3 is 2.46 bits per heavy atom. The monoisotopic (exact) mass is 381 g/mol. The van der Waals surface area contributed by atoms with Gasteiger partial charge in [-0.15, -0.1) is 12.4 Å². The molecule has 26 heavy (non-hydrogen) atoms. The van der Waals surface area contributed by atoms with Gasteiger partial charge in [0.05, 0.1) is 5.56 Å². The van der Waals surface area contributed by atoms with Crippen molar-refractivity contribution in [3.05, 3.63) is 18.0 Å². The van der Waals surface area contributed by atoms with Crippen LogP contribution < -0.4 is 10.6 Å². The predicted molar refractivity (Wildman–Crippen MR) is 102 cm³/mol. The fourth-order valence-corrected chi connectivity index (χ4v) is 4.19. The number of halogens is 1. The number of rotatable bonds is 5. The zero-order valence-corrected chi connectivity index (χ0v) is 16.0. The van der Waals surface area contributed by atoms with Gasteiger partial charge >= 0.3 is 0 Å². The molecule has 1 aromatic heterocycles. The van der Waals surface area contributed by atoms with Crippen LogP contribution in [0.2, 0.25) is 0 Å². The number of nitrogens with one attached hydrogen (secondary N) is 2. The fraction of sp³-hybridized carbons (Fsp3) is 0.722. The lowest BCUT2D eigenvalue weighted by Gasteiger charge is -2.31. The van der Waals surface area contributed by atoms with Crippen molar-refractivity contribution in [2.75, 3.05) is 38.7 Å². The zero-order valence-electron chi connectivity index (χ0n) is 15.2. The van der Waals surface area contributed by atoms with Gasteiger partial charge < -0.3 is 15.4 Å². The third-order valence-electron chi connectivity index (χ3n) is 5.78. The highest BCUT2D eigenvalue weighted by molar-refractivity contribution is 5.93. The van der Waals surface area contributed by atoms with E-state index in [-0.39, 0.29) is 24.4 Å². The van der Waals surface area contributed by atoms with Gasteiger partial charge in [0.25, 0.3) is 5.91 Å². The molecular formula is C18H28ClN5O2. The molecule has 2 atom stereocenters. The van der Waals surface area contributed by atoms with E-state index in [1.54, 1.807) is 19.4 Å². The van der Waals surface area contributed by atoms with Crippen molar-refractivity contribution in [3.63, 3.8) is 0 Å². The van der Waals surface area contributed by atoms with Crippen LogP contribution in [0.1, 0.15) is 36.0 Å². The van der Waals surface area contributed by atoms with Crippen LogP contribution in [-0.2, 0) is 4.74 Å². The normalized spacial score (nSPS) is 27.0. The minimum Gasteiger partial charge on any atom is -0.381 e. The third kappa shape index (κ3) is 4.27. The molecule has 3 heterocycles. The lowest BCUT2D eigenvalue weighted by Crippen LogP contribution is -2.43. The van der Waals surface area contributed by atoms with Gasteiger partial charge in [-0.25, -0.2) is 9.97 Å². The van der Waals surface area contributed by atoms with Gasteiger partial charge in [0.15, 0.2) is 0 Å². The first kappa shape index (κ1) is 19.3. The maximum atomic E-state index is 12.6. The number of nitrogens with zero attached hydrogens (tertiary/aromatic N) is 3. The Kier molecular flexibility index (Phi) is 6.32. The smallest absolute Gasteiger partial charge is 0.254 e. The van der Waals surface area contributed by atoms with E-state index in [1.807, 2.05) is 0 Å². The molecule has 0 radical (unpaired) electrons. The highest BCUT2D eigenvalue weighted by Crippen LogP contribution is 2.42. The van der Waals surface area contributed by atoms with E-state index in [4.69, 9.17) is 4.74 Å². The Balaban J connectivity index is 0.00000196. The Morgan fingerprint density at radius 2 is 1.85 bits per heavy atom. The Bertz CT molecular complexity index is 604. The molecule has 0 spiro atoms. The summed E-state index contributed by atoms with van der Waals surface area (Å²) >= 11 is 0. The summed E-state index contributed by atoms with van der Waals surface area (Å²) < 4.78 is 5.50. The summed E-state index contributed by atoms with van der Waals surface area (Å²) in [6.45, 7) is 3.78. The molecule has 144 valence electrons. The van der Waals surface area contributed by atoms with Gasteiger partial charge in [0.2, 0.25) is 5.95 Å². The quantitative estimate of drug-likeness (QED) is 0.805. The summed E-state index contributed by atoms with van der Waals surface area (Å²) in [6.07, 6.45) is 8.00. The molecule has 0 unspecified atom stereocenters. The second kappa shape index (κ2) is 8.50. The van der Waals surface area contributed by atoms with Gasteiger partial charge in [-0.05, 0) is 37.5 Å². The van der Waals surface area contributed by atoms with Crippen molar-refractivity contribution >= 4 is 24.3 Å². The molecule has 4 rings (SSSR count). The first-order chi connectivity index (χ1) is 12.2. The van der Waals surface area contributed by atoms with E-state index in [0.29, 0.717) is 23.5 Å². The van der Waals surface area contributed by atoms with Crippen LogP contribution in [0.3, 0.4) is 0 Å². The number of carbonyl (C=O) groups excluding carboxylic acids is 1. The highest BCUT2D eigenvalue weighted by Gasteiger charge is 2.44. The Labute approximate surface area is 160 Å². The molecule has 1 aromatic rings. The number of hydrogen-bond acceptors (Lipinski definition) is 6. The summed E-state index contributed by atoms with van der Waals surface area (Å²) in [6, 6.07) is 0.835. The number of likely N-dealkylation sites (tertiary alicyclic amines) is 1.